The second kappa shape index (κ2) is 6.07. The minimum absolute atomic E-state index is 0.0348. The molecule has 6 heteroatoms. The maximum Gasteiger partial charge on any atom is 0.336 e. The lowest BCUT2D eigenvalue weighted by Gasteiger charge is -2.09. The number of rotatable bonds is 5. The van der Waals surface area contributed by atoms with E-state index in [-0.39, 0.29) is 34.9 Å². The summed E-state index contributed by atoms with van der Waals surface area (Å²) < 4.78 is 4.73. The maximum absolute atomic E-state index is 11.0. The monoisotopic (exact) mass is 270 g/mol. The number of phenolic OH excluding ortho intramolecular Hbond substituents is 1. The van der Waals surface area contributed by atoms with Gasteiger partial charge in [0.25, 0.3) is 0 Å². The minimum atomic E-state index is -1.16. The van der Waals surface area contributed by atoms with E-state index in [0.717, 1.165) is 6.08 Å². The van der Waals surface area contributed by atoms with E-state index in [1.165, 1.54) is 12.1 Å². The molecular formula is C12H11ClO5. The summed E-state index contributed by atoms with van der Waals surface area (Å²) in [6.07, 6.45) is 1.09. The van der Waals surface area contributed by atoms with Crippen LogP contribution in [0.4, 0.5) is 0 Å². The molecule has 0 aliphatic heterocycles. The average molecular weight is 271 g/mol. The van der Waals surface area contributed by atoms with Crippen LogP contribution in [-0.2, 0) is 16.0 Å². The number of phenols is 1. The summed E-state index contributed by atoms with van der Waals surface area (Å²) in [5.74, 6) is -1.99. The molecular weight excluding hydrogens is 260 g/mol. The summed E-state index contributed by atoms with van der Waals surface area (Å²) in [6.45, 7) is 3.18. The first-order valence-corrected chi connectivity index (χ1v) is 5.38. The van der Waals surface area contributed by atoms with E-state index in [1.54, 1.807) is 0 Å². The van der Waals surface area contributed by atoms with Crippen molar-refractivity contribution >= 4 is 23.5 Å². The van der Waals surface area contributed by atoms with Crippen LogP contribution in [0.1, 0.15) is 15.9 Å². The maximum atomic E-state index is 11.0. The molecule has 1 aromatic carbocycles. The minimum Gasteiger partial charge on any atom is -0.506 e. The zero-order valence-electron chi connectivity index (χ0n) is 9.35. The number of esters is 1. The molecule has 18 heavy (non-hydrogen) atoms. The highest BCUT2D eigenvalue weighted by Crippen LogP contribution is 2.30. The Morgan fingerprint density at radius 2 is 2.11 bits per heavy atom. The smallest absolute Gasteiger partial charge is 0.336 e. The Labute approximate surface area is 108 Å². The van der Waals surface area contributed by atoms with E-state index in [4.69, 9.17) is 21.4 Å². The topological polar surface area (TPSA) is 83.8 Å². The Bertz CT molecular complexity index is 495. The van der Waals surface area contributed by atoms with E-state index in [0.29, 0.717) is 0 Å². The van der Waals surface area contributed by atoms with Crippen LogP contribution in [-0.4, -0.2) is 28.8 Å². The third kappa shape index (κ3) is 3.24. The molecule has 0 aromatic heterocycles. The van der Waals surface area contributed by atoms with E-state index in [2.05, 4.69) is 6.58 Å². The standard InChI is InChI=1S/C12H11ClO5/c1-2-10(15)18-6-5-7-8(12(16)17)3-4-9(14)11(7)13/h2-4,14H,1,5-6H2,(H,16,17). The Morgan fingerprint density at radius 1 is 1.44 bits per heavy atom. The number of carbonyl (C=O) groups excluding carboxylic acids is 1. The van der Waals surface area contributed by atoms with Gasteiger partial charge in [0.1, 0.15) is 5.75 Å². The van der Waals surface area contributed by atoms with Crippen molar-refractivity contribution in [3.8, 4) is 5.75 Å². The summed E-state index contributed by atoms with van der Waals surface area (Å²) in [7, 11) is 0. The summed E-state index contributed by atoms with van der Waals surface area (Å²) in [4.78, 5) is 21.8. The zero-order chi connectivity index (χ0) is 13.7. The van der Waals surface area contributed by atoms with Crippen LogP contribution in [0.3, 0.4) is 0 Å². The van der Waals surface area contributed by atoms with Gasteiger partial charge < -0.3 is 14.9 Å². The van der Waals surface area contributed by atoms with Crippen molar-refractivity contribution in [1.29, 1.82) is 0 Å². The van der Waals surface area contributed by atoms with Crippen LogP contribution in [0.25, 0.3) is 0 Å². The van der Waals surface area contributed by atoms with Crippen LogP contribution < -0.4 is 0 Å². The second-order valence-corrected chi connectivity index (χ2v) is 3.73. The van der Waals surface area contributed by atoms with Gasteiger partial charge in [-0.1, -0.05) is 18.2 Å². The van der Waals surface area contributed by atoms with E-state index in [1.807, 2.05) is 0 Å². The second-order valence-electron chi connectivity index (χ2n) is 3.35. The summed E-state index contributed by atoms with van der Waals surface area (Å²) in [6, 6.07) is 2.44. The molecule has 0 unspecified atom stereocenters. The Kier molecular flexibility index (Phi) is 4.74. The molecule has 0 radical (unpaired) electrons. The van der Waals surface area contributed by atoms with Crippen LogP contribution in [0.2, 0.25) is 5.02 Å². The van der Waals surface area contributed by atoms with Crippen LogP contribution in [0.15, 0.2) is 24.8 Å². The molecule has 0 fully saturated rings. The number of hydrogen-bond donors (Lipinski definition) is 2. The molecule has 0 heterocycles. The molecule has 0 atom stereocenters. The lowest BCUT2D eigenvalue weighted by atomic mass is 10.0. The lowest BCUT2D eigenvalue weighted by Crippen LogP contribution is -2.09. The molecule has 0 amide bonds. The van der Waals surface area contributed by atoms with Gasteiger partial charge in [0.15, 0.2) is 0 Å². The van der Waals surface area contributed by atoms with Crippen molar-refractivity contribution in [2.45, 2.75) is 6.42 Å². The average Bonchev–Trinajstić information content (AvgIpc) is 2.33. The van der Waals surface area contributed by atoms with Crippen molar-refractivity contribution in [1.82, 2.24) is 0 Å². The largest absolute Gasteiger partial charge is 0.506 e. The molecule has 2 N–H and O–H groups in total. The molecule has 0 bridgehead atoms. The zero-order valence-corrected chi connectivity index (χ0v) is 10.1. The highest BCUT2D eigenvalue weighted by Gasteiger charge is 2.16. The van der Waals surface area contributed by atoms with E-state index < -0.39 is 11.9 Å². The molecule has 5 nitrogen and oxygen atoms in total. The van der Waals surface area contributed by atoms with Crippen LogP contribution in [0, 0.1) is 0 Å². The van der Waals surface area contributed by atoms with Crippen molar-refractivity contribution in [3.63, 3.8) is 0 Å². The highest BCUT2D eigenvalue weighted by atomic mass is 35.5. The molecule has 0 aliphatic rings. The number of carboxylic acids is 1. The molecule has 0 saturated carbocycles. The van der Waals surface area contributed by atoms with Gasteiger partial charge in [-0.25, -0.2) is 9.59 Å². The predicted octanol–water partition coefficient (Wildman–Crippen LogP) is 2.02. The fourth-order valence-electron chi connectivity index (χ4n) is 1.37. The van der Waals surface area contributed by atoms with E-state index >= 15 is 0 Å². The summed E-state index contributed by atoms with van der Waals surface area (Å²) >= 11 is 5.82. The van der Waals surface area contributed by atoms with Gasteiger partial charge in [-0.2, -0.15) is 0 Å². The summed E-state index contributed by atoms with van der Waals surface area (Å²) in [5, 5.41) is 18.3. The third-order valence-electron chi connectivity index (χ3n) is 2.22. The first-order valence-electron chi connectivity index (χ1n) is 5.00. The Morgan fingerprint density at radius 3 is 2.67 bits per heavy atom. The number of aromatic carboxylic acids is 1. The van der Waals surface area contributed by atoms with Crippen LogP contribution in [0.5, 0.6) is 5.75 Å². The molecule has 0 aliphatic carbocycles. The normalized spacial score (nSPS) is 9.83. The van der Waals surface area contributed by atoms with E-state index in [9.17, 15) is 14.7 Å². The Hall–Kier alpha value is -2.01. The van der Waals surface area contributed by atoms with Crippen LogP contribution >= 0.6 is 11.6 Å². The van der Waals surface area contributed by atoms with Gasteiger partial charge in [0, 0.05) is 12.5 Å². The fraction of sp³-hybridized carbons (Fsp3) is 0.167. The SMILES string of the molecule is C=CC(=O)OCCc1c(C(=O)O)ccc(O)c1Cl. The first kappa shape index (κ1) is 14.1. The number of carbonyl (C=O) groups is 2. The number of benzene rings is 1. The molecule has 1 aromatic rings. The fourth-order valence-corrected chi connectivity index (χ4v) is 1.63. The van der Waals surface area contributed by atoms with Gasteiger partial charge in [-0.05, 0) is 17.7 Å². The number of carboxylic acid groups (broad SMARTS) is 1. The van der Waals surface area contributed by atoms with Crippen molar-refractivity contribution in [3.05, 3.63) is 40.9 Å². The van der Waals surface area contributed by atoms with Crippen molar-refractivity contribution in [2.75, 3.05) is 6.61 Å². The molecule has 96 valence electrons. The van der Waals surface area contributed by atoms with Gasteiger partial charge >= 0.3 is 11.9 Å². The molecule has 1 rings (SSSR count). The number of ether oxygens (including phenoxy) is 1. The molecule has 0 spiro atoms. The number of aromatic hydroxyl groups is 1. The van der Waals surface area contributed by atoms with Gasteiger partial charge in [-0.3, -0.25) is 0 Å². The number of hydrogen-bond acceptors (Lipinski definition) is 4. The highest BCUT2D eigenvalue weighted by molar-refractivity contribution is 6.33. The van der Waals surface area contributed by atoms with Crippen molar-refractivity contribution < 1.29 is 24.5 Å². The Balaban J connectivity index is 2.92. The predicted molar refractivity (Wildman–Crippen MR) is 64.9 cm³/mol. The first-order chi connectivity index (χ1) is 8.47. The lowest BCUT2D eigenvalue weighted by molar-refractivity contribution is -0.137. The van der Waals surface area contributed by atoms with Gasteiger partial charge in [0.05, 0.1) is 17.2 Å². The third-order valence-corrected chi connectivity index (χ3v) is 2.64. The summed E-state index contributed by atoms with van der Waals surface area (Å²) in [5.41, 5.74) is 0.188. The van der Waals surface area contributed by atoms with Crippen molar-refractivity contribution in [2.24, 2.45) is 0 Å². The van der Waals surface area contributed by atoms with Gasteiger partial charge in [-0.15, -0.1) is 0 Å². The van der Waals surface area contributed by atoms with Gasteiger partial charge in [0.2, 0.25) is 0 Å². The quantitative estimate of drug-likeness (QED) is 0.632. The number of halogens is 1. The molecule has 0 saturated heterocycles.